The highest BCUT2D eigenvalue weighted by molar-refractivity contribution is 8.03. The van der Waals surface area contributed by atoms with Gasteiger partial charge in [0.2, 0.25) is 0 Å². The van der Waals surface area contributed by atoms with Gasteiger partial charge in [-0.1, -0.05) is 60.3 Å². The molecule has 0 fully saturated rings. The Bertz CT molecular complexity index is 890. The van der Waals surface area contributed by atoms with E-state index in [4.69, 9.17) is 9.84 Å². The van der Waals surface area contributed by atoms with Crippen molar-refractivity contribution in [2.75, 3.05) is 19.8 Å². The van der Waals surface area contributed by atoms with E-state index in [1.54, 1.807) is 30.3 Å². The largest absolute Gasteiger partial charge is 0.394 e. The van der Waals surface area contributed by atoms with Gasteiger partial charge in [-0.3, -0.25) is 14.4 Å². The number of allylic oxidation sites excluding steroid dienone is 1. The number of ketones is 3. The van der Waals surface area contributed by atoms with Gasteiger partial charge in [0, 0.05) is 15.4 Å². The highest BCUT2D eigenvalue weighted by atomic mass is 32.2. The van der Waals surface area contributed by atoms with Crippen molar-refractivity contribution in [3.63, 3.8) is 0 Å². The topological polar surface area (TPSA) is 80.7 Å². The Morgan fingerprint density at radius 1 is 1.04 bits per heavy atom. The van der Waals surface area contributed by atoms with Gasteiger partial charge in [0.1, 0.15) is 0 Å². The van der Waals surface area contributed by atoms with Crippen LogP contribution < -0.4 is 0 Å². The summed E-state index contributed by atoms with van der Waals surface area (Å²) in [5.41, 5.74) is 0.457. The minimum atomic E-state index is -0.711. The number of aliphatic hydroxyl groups excluding tert-OH is 1. The first-order valence-electron chi connectivity index (χ1n) is 8.93. The van der Waals surface area contributed by atoms with E-state index in [0.717, 1.165) is 4.90 Å². The summed E-state index contributed by atoms with van der Waals surface area (Å²) in [5.74, 6) is -1.83. The molecule has 0 aliphatic heterocycles. The van der Waals surface area contributed by atoms with Gasteiger partial charge in [0.15, 0.2) is 17.3 Å². The van der Waals surface area contributed by atoms with Gasteiger partial charge >= 0.3 is 0 Å². The van der Waals surface area contributed by atoms with Crippen LogP contribution in [0.1, 0.15) is 16.8 Å². The zero-order valence-corrected chi connectivity index (χ0v) is 16.0. The predicted molar refractivity (Wildman–Crippen MR) is 106 cm³/mol. The number of hydrogen-bond donors (Lipinski definition) is 1. The first-order chi connectivity index (χ1) is 13.6. The van der Waals surface area contributed by atoms with Crippen LogP contribution in [0.25, 0.3) is 0 Å². The van der Waals surface area contributed by atoms with Crippen LogP contribution in [0.3, 0.4) is 0 Å². The summed E-state index contributed by atoms with van der Waals surface area (Å²) in [4.78, 5) is 39.6. The van der Waals surface area contributed by atoms with Gasteiger partial charge < -0.3 is 9.84 Å². The van der Waals surface area contributed by atoms with Crippen molar-refractivity contribution in [2.24, 2.45) is 5.92 Å². The zero-order chi connectivity index (χ0) is 19.9. The van der Waals surface area contributed by atoms with Crippen molar-refractivity contribution in [2.45, 2.75) is 11.3 Å². The quantitative estimate of drug-likeness (QED) is 0.320. The van der Waals surface area contributed by atoms with Gasteiger partial charge in [-0.05, 0) is 12.1 Å². The van der Waals surface area contributed by atoms with Gasteiger partial charge in [-0.2, -0.15) is 0 Å². The molecule has 5 nitrogen and oxygen atoms in total. The maximum atomic E-state index is 13.1. The molecule has 6 heteroatoms. The summed E-state index contributed by atoms with van der Waals surface area (Å²) in [6, 6.07) is 17.9. The minimum absolute atomic E-state index is 0.0212. The lowest BCUT2D eigenvalue weighted by Gasteiger charge is -2.26. The lowest BCUT2D eigenvalue weighted by molar-refractivity contribution is -0.129. The molecule has 1 N–H and O–H groups in total. The number of hydrogen-bond acceptors (Lipinski definition) is 6. The Kier molecular flexibility index (Phi) is 6.92. The van der Waals surface area contributed by atoms with Crippen LogP contribution in [0, 0.1) is 5.92 Å². The smallest absolute Gasteiger partial charge is 0.197 e. The number of benzene rings is 2. The van der Waals surface area contributed by atoms with Crippen molar-refractivity contribution >= 4 is 29.1 Å². The van der Waals surface area contributed by atoms with Crippen molar-refractivity contribution in [3.05, 3.63) is 76.7 Å². The number of ether oxygens (including phenoxy) is 1. The maximum absolute atomic E-state index is 13.1. The molecule has 0 saturated heterocycles. The molecule has 2 aromatic rings. The lowest BCUT2D eigenvalue weighted by atomic mass is 9.85. The summed E-state index contributed by atoms with van der Waals surface area (Å²) in [6.45, 7) is -0.0586. The normalized spacial score (nSPS) is 17.1. The van der Waals surface area contributed by atoms with E-state index in [1.165, 1.54) is 11.8 Å². The second-order valence-electron chi connectivity index (χ2n) is 6.27. The summed E-state index contributed by atoms with van der Waals surface area (Å²) in [5, 5.41) is 8.96. The third-order valence-electron chi connectivity index (χ3n) is 4.32. The highest BCUT2D eigenvalue weighted by Gasteiger charge is 2.38. The molecule has 1 unspecified atom stereocenters. The highest BCUT2D eigenvalue weighted by Crippen LogP contribution is 2.40. The molecule has 1 atom stereocenters. The van der Waals surface area contributed by atoms with Crippen LogP contribution in [0.5, 0.6) is 0 Å². The fourth-order valence-electron chi connectivity index (χ4n) is 2.97. The Morgan fingerprint density at radius 3 is 2.32 bits per heavy atom. The molecule has 0 spiro atoms. The molecule has 0 aromatic heterocycles. The Balaban J connectivity index is 2.06. The van der Waals surface area contributed by atoms with E-state index < -0.39 is 11.7 Å². The van der Waals surface area contributed by atoms with Crippen molar-refractivity contribution in [1.29, 1.82) is 0 Å². The maximum Gasteiger partial charge on any atom is 0.197 e. The number of rotatable bonds is 8. The molecule has 144 valence electrons. The van der Waals surface area contributed by atoms with Crippen molar-refractivity contribution in [1.82, 2.24) is 0 Å². The second kappa shape index (κ2) is 9.59. The van der Waals surface area contributed by atoms with E-state index in [2.05, 4.69) is 0 Å². The van der Waals surface area contributed by atoms with Gasteiger partial charge in [-0.25, -0.2) is 0 Å². The number of carbonyl (C=O) groups is 3. The third-order valence-corrected chi connectivity index (χ3v) is 5.54. The van der Waals surface area contributed by atoms with Gasteiger partial charge in [0.25, 0.3) is 0 Å². The van der Waals surface area contributed by atoms with Crippen LogP contribution in [0.15, 0.2) is 76.0 Å². The summed E-state index contributed by atoms with van der Waals surface area (Å²) >= 11 is 1.24. The first-order valence-corrected chi connectivity index (χ1v) is 9.74. The van der Waals surface area contributed by atoms with E-state index in [-0.39, 0.29) is 43.4 Å². The van der Waals surface area contributed by atoms with E-state index >= 15 is 0 Å². The number of aliphatic hydroxyl groups is 1. The Labute approximate surface area is 167 Å². The first kappa shape index (κ1) is 20.2. The van der Waals surface area contributed by atoms with Crippen LogP contribution in [0.2, 0.25) is 0 Å². The molecule has 0 saturated carbocycles. The molecule has 0 radical (unpaired) electrons. The predicted octanol–water partition coefficient (Wildman–Crippen LogP) is 3.08. The average molecular weight is 396 g/mol. The fourth-order valence-corrected chi connectivity index (χ4v) is 4.17. The summed E-state index contributed by atoms with van der Waals surface area (Å²) < 4.78 is 5.39. The minimum Gasteiger partial charge on any atom is -0.394 e. The van der Waals surface area contributed by atoms with E-state index in [1.807, 2.05) is 30.3 Å². The van der Waals surface area contributed by atoms with Crippen LogP contribution in [-0.2, 0) is 14.3 Å². The molecule has 28 heavy (non-hydrogen) atoms. The molecular weight excluding hydrogens is 376 g/mol. The summed E-state index contributed by atoms with van der Waals surface area (Å²) in [6.07, 6.45) is -0.320. The molecule has 1 aliphatic rings. The average Bonchev–Trinajstić information content (AvgIpc) is 2.71. The van der Waals surface area contributed by atoms with Gasteiger partial charge in [0.05, 0.1) is 37.7 Å². The van der Waals surface area contributed by atoms with Crippen LogP contribution >= 0.6 is 11.8 Å². The van der Waals surface area contributed by atoms with Crippen LogP contribution in [0.4, 0.5) is 0 Å². The Morgan fingerprint density at radius 2 is 1.68 bits per heavy atom. The SMILES string of the molecule is O=C1CC(=O)C(COCCO)C(Sc2ccccc2)=C1C(=O)c1ccccc1. The van der Waals surface area contributed by atoms with E-state index in [9.17, 15) is 14.4 Å². The van der Waals surface area contributed by atoms with Gasteiger partial charge in [-0.15, -0.1) is 0 Å². The monoisotopic (exact) mass is 396 g/mol. The number of Topliss-reactive ketones (excluding diaryl/α,β-unsaturated/α-hetero) is 3. The number of carbonyl (C=O) groups excluding carboxylic acids is 3. The van der Waals surface area contributed by atoms with Crippen LogP contribution in [-0.4, -0.2) is 42.3 Å². The second-order valence-corrected chi connectivity index (χ2v) is 7.38. The van der Waals surface area contributed by atoms with Crippen molar-refractivity contribution < 1.29 is 24.2 Å². The number of thioether (sulfide) groups is 1. The molecule has 0 bridgehead atoms. The summed E-state index contributed by atoms with van der Waals surface area (Å²) in [7, 11) is 0. The van der Waals surface area contributed by atoms with Crippen molar-refractivity contribution in [3.8, 4) is 0 Å². The van der Waals surface area contributed by atoms with E-state index in [0.29, 0.717) is 10.5 Å². The molecular formula is C22H20O5S. The molecule has 3 rings (SSSR count). The molecule has 1 aliphatic carbocycles. The molecule has 0 heterocycles. The lowest BCUT2D eigenvalue weighted by Crippen LogP contribution is -2.33. The third kappa shape index (κ3) is 4.65. The fraction of sp³-hybridized carbons (Fsp3) is 0.227. The standard InChI is InChI=1S/C22H20O5S/c23-11-12-27-14-17-18(24)13-19(25)20(21(26)15-7-3-1-4-8-15)22(17)28-16-9-5-2-6-10-16/h1-10,17,23H,11-14H2. The molecule has 0 amide bonds. The Hall–Kier alpha value is -2.54. The zero-order valence-electron chi connectivity index (χ0n) is 15.2. The molecule has 2 aromatic carbocycles.